The van der Waals surface area contributed by atoms with Gasteiger partial charge in [-0.1, -0.05) is 18.2 Å². The maximum atomic E-state index is 12.3. The summed E-state index contributed by atoms with van der Waals surface area (Å²) in [6.45, 7) is 0. The summed E-state index contributed by atoms with van der Waals surface area (Å²) in [6.07, 6.45) is 0.570. The number of nitrogens with one attached hydrogen (secondary N) is 2. The third kappa shape index (κ3) is 2.92. The molecule has 140 valence electrons. The summed E-state index contributed by atoms with van der Waals surface area (Å²) >= 11 is 0. The third-order valence-corrected chi connectivity index (χ3v) is 5.15. The lowest BCUT2D eigenvalue weighted by Crippen LogP contribution is -2.45. The molecule has 27 heavy (non-hydrogen) atoms. The van der Waals surface area contributed by atoms with Crippen LogP contribution in [0, 0.1) is 0 Å². The van der Waals surface area contributed by atoms with E-state index in [-0.39, 0.29) is 12.0 Å². The molecule has 2 atom stereocenters. The summed E-state index contributed by atoms with van der Waals surface area (Å²) in [7, 11) is 4.67. The smallest absolute Gasteiger partial charge is 0.323 e. The second-order valence-electron chi connectivity index (χ2n) is 6.55. The van der Waals surface area contributed by atoms with Gasteiger partial charge < -0.3 is 19.2 Å². The standard InChI is InChI=1S/C21H22N2O4/c1-25-12-8-9-14(18(10-12)26-2)19-20-15(11-17(23-19)21(24)27-3)13-6-4-5-7-16(13)22-20/h4-10,17,19,22-23H,11H2,1-3H3/t17-,19+/m0/s1. The SMILES string of the molecule is COC(=O)[C@@H]1Cc2c([nH]c3ccccc23)[C@@H](c2ccc(OC)cc2OC)N1. The maximum Gasteiger partial charge on any atom is 0.323 e. The minimum Gasteiger partial charge on any atom is -0.497 e. The largest absolute Gasteiger partial charge is 0.497 e. The van der Waals surface area contributed by atoms with Crippen LogP contribution in [0.5, 0.6) is 11.5 Å². The highest BCUT2D eigenvalue weighted by molar-refractivity contribution is 5.87. The molecule has 0 aliphatic carbocycles. The van der Waals surface area contributed by atoms with Crippen LogP contribution in [0.25, 0.3) is 10.9 Å². The summed E-state index contributed by atoms with van der Waals surface area (Å²) in [5.74, 6) is 1.14. The summed E-state index contributed by atoms with van der Waals surface area (Å²) in [5, 5.41) is 4.55. The van der Waals surface area contributed by atoms with Crippen molar-refractivity contribution < 1.29 is 19.0 Å². The van der Waals surface area contributed by atoms with E-state index in [0.717, 1.165) is 27.7 Å². The zero-order valence-corrected chi connectivity index (χ0v) is 15.5. The van der Waals surface area contributed by atoms with Crippen LogP contribution < -0.4 is 14.8 Å². The second kappa shape index (κ2) is 6.96. The summed E-state index contributed by atoms with van der Waals surface area (Å²) in [4.78, 5) is 15.8. The minimum atomic E-state index is -0.432. The fourth-order valence-electron chi connectivity index (χ4n) is 3.83. The molecular formula is C21H22N2O4. The molecule has 1 aliphatic heterocycles. The Morgan fingerprint density at radius 1 is 1.07 bits per heavy atom. The van der Waals surface area contributed by atoms with Crippen molar-refractivity contribution >= 4 is 16.9 Å². The van der Waals surface area contributed by atoms with Gasteiger partial charge in [0.15, 0.2) is 0 Å². The highest BCUT2D eigenvalue weighted by Gasteiger charge is 2.35. The number of carbonyl (C=O) groups is 1. The Bertz CT molecular complexity index is 995. The van der Waals surface area contributed by atoms with Crippen molar-refractivity contribution in [1.82, 2.24) is 10.3 Å². The van der Waals surface area contributed by atoms with Gasteiger partial charge in [-0.15, -0.1) is 0 Å². The number of fused-ring (bicyclic) bond motifs is 3. The number of benzene rings is 2. The Labute approximate surface area is 157 Å². The Morgan fingerprint density at radius 3 is 2.63 bits per heavy atom. The Balaban J connectivity index is 1.88. The van der Waals surface area contributed by atoms with Crippen LogP contribution >= 0.6 is 0 Å². The van der Waals surface area contributed by atoms with Gasteiger partial charge in [0.25, 0.3) is 0 Å². The van der Waals surface area contributed by atoms with E-state index < -0.39 is 6.04 Å². The summed E-state index contributed by atoms with van der Waals surface area (Å²) in [5.41, 5.74) is 4.15. The monoisotopic (exact) mass is 366 g/mol. The van der Waals surface area contributed by atoms with Crippen molar-refractivity contribution in [3.05, 3.63) is 59.3 Å². The lowest BCUT2D eigenvalue weighted by atomic mass is 9.90. The molecular weight excluding hydrogens is 344 g/mol. The van der Waals surface area contributed by atoms with E-state index >= 15 is 0 Å². The molecule has 6 nitrogen and oxygen atoms in total. The third-order valence-electron chi connectivity index (χ3n) is 5.15. The van der Waals surface area contributed by atoms with Gasteiger partial charge in [-0.25, -0.2) is 0 Å². The first-order valence-electron chi connectivity index (χ1n) is 8.81. The average Bonchev–Trinajstić information content (AvgIpc) is 3.10. The van der Waals surface area contributed by atoms with Crippen LogP contribution in [0.3, 0.4) is 0 Å². The fraction of sp³-hybridized carbons (Fsp3) is 0.286. The molecule has 1 aromatic heterocycles. The number of rotatable bonds is 4. The molecule has 2 aromatic carbocycles. The molecule has 0 spiro atoms. The van der Waals surface area contributed by atoms with Crippen molar-refractivity contribution in [2.45, 2.75) is 18.5 Å². The first-order chi connectivity index (χ1) is 13.2. The number of H-pyrrole nitrogens is 1. The number of carbonyl (C=O) groups excluding carboxylic acids is 1. The van der Waals surface area contributed by atoms with Gasteiger partial charge in [0.05, 0.1) is 27.4 Å². The molecule has 2 heterocycles. The van der Waals surface area contributed by atoms with Crippen molar-refractivity contribution in [2.24, 2.45) is 0 Å². The lowest BCUT2D eigenvalue weighted by Gasteiger charge is -2.31. The fourth-order valence-corrected chi connectivity index (χ4v) is 3.83. The lowest BCUT2D eigenvalue weighted by molar-refractivity contribution is -0.143. The van der Waals surface area contributed by atoms with Gasteiger partial charge in [0.1, 0.15) is 17.5 Å². The van der Waals surface area contributed by atoms with Gasteiger partial charge >= 0.3 is 5.97 Å². The molecule has 0 saturated carbocycles. The first kappa shape index (κ1) is 17.4. The van der Waals surface area contributed by atoms with E-state index in [0.29, 0.717) is 17.9 Å². The molecule has 0 saturated heterocycles. The van der Waals surface area contributed by atoms with Gasteiger partial charge in [-0.2, -0.15) is 0 Å². The molecule has 6 heteroatoms. The van der Waals surface area contributed by atoms with Gasteiger partial charge in [-0.05, 0) is 23.8 Å². The molecule has 3 aromatic rings. The van der Waals surface area contributed by atoms with Gasteiger partial charge in [-0.3, -0.25) is 10.1 Å². The van der Waals surface area contributed by atoms with E-state index in [4.69, 9.17) is 14.2 Å². The predicted octanol–water partition coefficient (Wildman–Crippen LogP) is 2.96. The summed E-state index contributed by atoms with van der Waals surface area (Å²) in [6, 6.07) is 13.2. The Morgan fingerprint density at radius 2 is 1.89 bits per heavy atom. The maximum absolute atomic E-state index is 12.3. The zero-order valence-electron chi connectivity index (χ0n) is 15.5. The second-order valence-corrected chi connectivity index (χ2v) is 6.55. The number of aromatic nitrogens is 1. The van der Waals surface area contributed by atoms with Crippen LogP contribution in [0.2, 0.25) is 0 Å². The molecule has 0 radical (unpaired) electrons. The van der Waals surface area contributed by atoms with E-state index in [1.165, 1.54) is 7.11 Å². The van der Waals surface area contributed by atoms with Crippen molar-refractivity contribution in [3.8, 4) is 11.5 Å². The van der Waals surface area contributed by atoms with E-state index in [1.807, 2.05) is 36.4 Å². The summed E-state index contributed by atoms with van der Waals surface area (Å²) < 4.78 is 15.9. The number of esters is 1. The van der Waals surface area contributed by atoms with Crippen LogP contribution in [-0.2, 0) is 16.0 Å². The number of methoxy groups -OCH3 is 3. The molecule has 4 rings (SSSR count). The van der Waals surface area contributed by atoms with Crippen LogP contribution in [0.1, 0.15) is 22.9 Å². The van der Waals surface area contributed by atoms with Crippen LogP contribution in [0.4, 0.5) is 0 Å². The molecule has 2 N–H and O–H groups in total. The molecule has 0 fully saturated rings. The molecule has 0 bridgehead atoms. The molecule has 1 aliphatic rings. The van der Waals surface area contributed by atoms with E-state index in [2.05, 4.69) is 16.4 Å². The van der Waals surface area contributed by atoms with E-state index in [9.17, 15) is 4.79 Å². The van der Waals surface area contributed by atoms with Crippen molar-refractivity contribution in [2.75, 3.05) is 21.3 Å². The quantitative estimate of drug-likeness (QED) is 0.695. The highest BCUT2D eigenvalue weighted by atomic mass is 16.5. The van der Waals surface area contributed by atoms with Gasteiger partial charge in [0.2, 0.25) is 0 Å². The average molecular weight is 366 g/mol. The van der Waals surface area contributed by atoms with Gasteiger partial charge in [0, 0.05) is 34.6 Å². The Kier molecular flexibility index (Phi) is 4.49. The topological polar surface area (TPSA) is 72.6 Å². The number of hydrogen-bond acceptors (Lipinski definition) is 5. The minimum absolute atomic E-state index is 0.230. The Hall–Kier alpha value is -2.99. The first-order valence-corrected chi connectivity index (χ1v) is 8.81. The van der Waals surface area contributed by atoms with Crippen molar-refractivity contribution in [3.63, 3.8) is 0 Å². The number of hydrogen-bond donors (Lipinski definition) is 2. The zero-order chi connectivity index (χ0) is 19.0. The number of aromatic amines is 1. The molecule has 0 amide bonds. The normalized spacial score (nSPS) is 18.8. The molecule has 0 unspecified atom stereocenters. The van der Waals surface area contributed by atoms with Crippen molar-refractivity contribution in [1.29, 1.82) is 0 Å². The van der Waals surface area contributed by atoms with Crippen LogP contribution in [-0.4, -0.2) is 38.3 Å². The highest BCUT2D eigenvalue weighted by Crippen LogP contribution is 2.39. The number of para-hydroxylation sites is 1. The van der Waals surface area contributed by atoms with E-state index in [1.54, 1.807) is 14.2 Å². The van der Waals surface area contributed by atoms with Crippen LogP contribution in [0.15, 0.2) is 42.5 Å². The predicted molar refractivity (Wildman–Crippen MR) is 102 cm³/mol. The number of ether oxygens (including phenoxy) is 3.